The monoisotopic (exact) mass is 491 g/mol. The molecule has 0 aromatic heterocycles. The normalized spacial score (nSPS) is 10.7. The third kappa shape index (κ3) is 7.58. The first-order chi connectivity index (χ1) is 12.6. The summed E-state index contributed by atoms with van der Waals surface area (Å²) in [6.45, 7) is 1.31. The highest BCUT2D eigenvalue weighted by Crippen LogP contribution is 2.18. The van der Waals surface area contributed by atoms with E-state index in [2.05, 4.69) is 15.6 Å². The van der Waals surface area contributed by atoms with Crippen LogP contribution in [0.4, 0.5) is 8.78 Å². The van der Waals surface area contributed by atoms with Gasteiger partial charge in [-0.1, -0.05) is 18.2 Å². The average molecular weight is 491 g/mol. The molecule has 0 spiro atoms. The van der Waals surface area contributed by atoms with Crippen molar-refractivity contribution in [1.82, 2.24) is 10.6 Å². The first-order valence-corrected chi connectivity index (χ1v) is 8.28. The first-order valence-electron chi connectivity index (χ1n) is 8.28. The molecule has 2 rings (SSSR count). The predicted molar refractivity (Wildman–Crippen MR) is 113 cm³/mol. The Bertz CT molecular complexity index is 745. The third-order valence-electron chi connectivity index (χ3n) is 3.65. The number of ether oxygens (including phenoxy) is 2. The zero-order valence-electron chi connectivity index (χ0n) is 15.3. The van der Waals surface area contributed by atoms with Crippen molar-refractivity contribution in [2.75, 3.05) is 33.9 Å². The summed E-state index contributed by atoms with van der Waals surface area (Å²) < 4.78 is 36.9. The molecule has 0 saturated heterocycles. The Hall–Kier alpha value is -2.10. The number of halogens is 3. The van der Waals surface area contributed by atoms with Crippen molar-refractivity contribution in [3.05, 3.63) is 59.7 Å². The average Bonchev–Trinajstić information content (AvgIpc) is 2.65. The van der Waals surface area contributed by atoms with Gasteiger partial charge in [-0.25, -0.2) is 8.78 Å². The van der Waals surface area contributed by atoms with E-state index in [1.807, 2.05) is 24.3 Å². The van der Waals surface area contributed by atoms with Gasteiger partial charge in [0.15, 0.2) is 17.5 Å². The van der Waals surface area contributed by atoms with E-state index >= 15 is 0 Å². The zero-order chi connectivity index (χ0) is 18.8. The summed E-state index contributed by atoms with van der Waals surface area (Å²) in [4.78, 5) is 4.12. The van der Waals surface area contributed by atoms with E-state index in [0.717, 1.165) is 29.9 Å². The molecular formula is C19H24F2IN3O2. The Morgan fingerprint density at radius 1 is 1.04 bits per heavy atom. The molecule has 0 heterocycles. The van der Waals surface area contributed by atoms with Gasteiger partial charge in [0.2, 0.25) is 0 Å². The van der Waals surface area contributed by atoms with Gasteiger partial charge in [-0.3, -0.25) is 4.99 Å². The maximum Gasteiger partial charge on any atom is 0.191 e. The van der Waals surface area contributed by atoms with Gasteiger partial charge >= 0.3 is 0 Å². The van der Waals surface area contributed by atoms with E-state index in [-0.39, 0.29) is 36.3 Å². The van der Waals surface area contributed by atoms with Crippen LogP contribution in [0.25, 0.3) is 0 Å². The van der Waals surface area contributed by atoms with Crippen molar-refractivity contribution in [2.24, 2.45) is 4.99 Å². The molecule has 2 N–H and O–H groups in total. The highest BCUT2D eigenvalue weighted by atomic mass is 127. The number of hydrogen-bond acceptors (Lipinski definition) is 3. The Kier molecular flexibility index (Phi) is 10.5. The van der Waals surface area contributed by atoms with Gasteiger partial charge in [-0.05, 0) is 30.2 Å². The van der Waals surface area contributed by atoms with Crippen molar-refractivity contribution in [2.45, 2.75) is 6.42 Å². The van der Waals surface area contributed by atoms with E-state index in [9.17, 15) is 8.78 Å². The van der Waals surface area contributed by atoms with Crippen LogP contribution in [0.2, 0.25) is 0 Å². The lowest BCUT2D eigenvalue weighted by Gasteiger charge is -2.13. The molecule has 5 nitrogen and oxygen atoms in total. The minimum absolute atomic E-state index is 0. The number of guanidine groups is 1. The van der Waals surface area contributed by atoms with E-state index in [0.29, 0.717) is 19.0 Å². The smallest absolute Gasteiger partial charge is 0.191 e. The van der Waals surface area contributed by atoms with Crippen molar-refractivity contribution in [1.29, 1.82) is 0 Å². The Morgan fingerprint density at radius 2 is 1.78 bits per heavy atom. The number of aliphatic imine (C=N–C) groups is 1. The van der Waals surface area contributed by atoms with Crippen LogP contribution in [-0.4, -0.2) is 39.8 Å². The summed E-state index contributed by atoms with van der Waals surface area (Å²) in [5, 5.41) is 6.26. The molecule has 0 fully saturated rings. The molecule has 0 unspecified atom stereocenters. The Balaban J connectivity index is 0.00000364. The van der Waals surface area contributed by atoms with Crippen LogP contribution in [0.3, 0.4) is 0 Å². The second kappa shape index (κ2) is 12.3. The molecule has 0 aliphatic heterocycles. The topological polar surface area (TPSA) is 54.9 Å². The maximum absolute atomic E-state index is 13.5. The van der Waals surface area contributed by atoms with Gasteiger partial charge in [0.1, 0.15) is 18.2 Å². The van der Waals surface area contributed by atoms with Crippen molar-refractivity contribution in [3.63, 3.8) is 0 Å². The molecule has 0 aliphatic rings. The molecule has 0 saturated carbocycles. The molecule has 0 aliphatic carbocycles. The SMILES string of the molecule is CN=C(NCCOc1ccc(F)cc1F)NCCc1ccccc1OC.I. The number of nitrogens with zero attached hydrogens (tertiary/aromatic N) is 1. The number of benzene rings is 2. The van der Waals surface area contributed by atoms with E-state index < -0.39 is 11.6 Å². The maximum atomic E-state index is 13.5. The van der Waals surface area contributed by atoms with Gasteiger partial charge < -0.3 is 20.1 Å². The highest BCUT2D eigenvalue weighted by molar-refractivity contribution is 14.0. The van der Waals surface area contributed by atoms with Crippen LogP contribution in [0, 0.1) is 11.6 Å². The molecule has 0 bridgehead atoms. The summed E-state index contributed by atoms with van der Waals surface area (Å²) in [5.41, 5.74) is 1.10. The molecule has 2 aromatic carbocycles. The fraction of sp³-hybridized carbons (Fsp3) is 0.316. The third-order valence-corrected chi connectivity index (χ3v) is 3.65. The summed E-state index contributed by atoms with van der Waals surface area (Å²) in [6, 6.07) is 11.1. The molecule has 0 radical (unpaired) electrons. The summed E-state index contributed by atoms with van der Waals surface area (Å²) in [5.74, 6) is 0.138. The number of hydrogen-bond donors (Lipinski definition) is 2. The van der Waals surface area contributed by atoms with Gasteiger partial charge in [0, 0.05) is 19.7 Å². The van der Waals surface area contributed by atoms with Crippen molar-refractivity contribution in [3.8, 4) is 11.5 Å². The van der Waals surface area contributed by atoms with Crippen LogP contribution in [0.5, 0.6) is 11.5 Å². The summed E-state index contributed by atoms with van der Waals surface area (Å²) >= 11 is 0. The standard InChI is InChI=1S/C19H23F2N3O2.HI/c1-22-19(23-10-9-14-5-3-4-6-17(14)25-2)24-11-12-26-18-8-7-15(20)13-16(18)21;/h3-8,13H,9-12H2,1-2H3,(H2,22,23,24);1H. The fourth-order valence-corrected chi connectivity index (χ4v) is 2.37. The number of para-hydroxylation sites is 1. The minimum Gasteiger partial charge on any atom is -0.496 e. The van der Waals surface area contributed by atoms with Crippen LogP contribution in [0.1, 0.15) is 5.56 Å². The Labute approximate surface area is 175 Å². The van der Waals surface area contributed by atoms with Crippen LogP contribution >= 0.6 is 24.0 Å². The van der Waals surface area contributed by atoms with Gasteiger partial charge in [-0.15, -0.1) is 24.0 Å². The van der Waals surface area contributed by atoms with Gasteiger partial charge in [0.05, 0.1) is 13.7 Å². The number of rotatable bonds is 8. The molecule has 0 atom stereocenters. The Morgan fingerprint density at radius 3 is 2.48 bits per heavy atom. The lowest BCUT2D eigenvalue weighted by molar-refractivity contribution is 0.304. The summed E-state index contributed by atoms with van der Waals surface area (Å²) in [7, 11) is 3.32. The second-order valence-electron chi connectivity index (χ2n) is 5.41. The molecule has 148 valence electrons. The molecule has 2 aromatic rings. The number of methoxy groups -OCH3 is 1. The molecule has 8 heteroatoms. The van der Waals surface area contributed by atoms with Crippen molar-refractivity contribution < 1.29 is 18.3 Å². The predicted octanol–water partition coefficient (Wildman–Crippen LogP) is 3.38. The molecule has 0 amide bonds. The fourth-order valence-electron chi connectivity index (χ4n) is 2.37. The van der Waals surface area contributed by atoms with E-state index in [4.69, 9.17) is 9.47 Å². The zero-order valence-corrected chi connectivity index (χ0v) is 17.6. The number of nitrogens with one attached hydrogen (secondary N) is 2. The summed E-state index contributed by atoms with van der Waals surface area (Å²) in [6.07, 6.45) is 0.780. The lowest BCUT2D eigenvalue weighted by atomic mass is 10.1. The van der Waals surface area contributed by atoms with E-state index in [1.165, 1.54) is 6.07 Å². The van der Waals surface area contributed by atoms with Crippen LogP contribution in [0.15, 0.2) is 47.5 Å². The van der Waals surface area contributed by atoms with E-state index in [1.54, 1.807) is 14.2 Å². The molecular weight excluding hydrogens is 467 g/mol. The van der Waals surface area contributed by atoms with Gasteiger partial charge in [0.25, 0.3) is 0 Å². The largest absolute Gasteiger partial charge is 0.496 e. The second-order valence-corrected chi connectivity index (χ2v) is 5.41. The van der Waals surface area contributed by atoms with Gasteiger partial charge in [-0.2, -0.15) is 0 Å². The highest BCUT2D eigenvalue weighted by Gasteiger charge is 2.05. The van der Waals surface area contributed by atoms with Crippen molar-refractivity contribution >= 4 is 29.9 Å². The minimum atomic E-state index is -0.718. The quantitative estimate of drug-likeness (QED) is 0.258. The van der Waals surface area contributed by atoms with Crippen LogP contribution < -0.4 is 20.1 Å². The molecule has 27 heavy (non-hydrogen) atoms. The van der Waals surface area contributed by atoms with Crippen LogP contribution in [-0.2, 0) is 6.42 Å². The first kappa shape index (κ1) is 22.9. The lowest BCUT2D eigenvalue weighted by Crippen LogP contribution is -2.40.